The van der Waals surface area contributed by atoms with E-state index in [2.05, 4.69) is 33.1 Å². The number of amides is 1. The zero-order valence-corrected chi connectivity index (χ0v) is 15.0. The first-order chi connectivity index (χ1) is 11.1. The summed E-state index contributed by atoms with van der Waals surface area (Å²) in [5.74, 6) is 1.15. The van der Waals surface area contributed by atoms with Crippen LogP contribution in [-0.2, 0) is 4.79 Å². The highest BCUT2D eigenvalue weighted by atomic mass is 127. The van der Waals surface area contributed by atoms with Crippen LogP contribution in [0.1, 0.15) is 11.1 Å². The van der Waals surface area contributed by atoms with Gasteiger partial charge in [-0.05, 0) is 71.0 Å². The van der Waals surface area contributed by atoms with Crippen LogP contribution in [0.2, 0.25) is 0 Å². The number of carbonyl (C=O) groups is 1. The van der Waals surface area contributed by atoms with Gasteiger partial charge in [0.25, 0.3) is 5.91 Å². The van der Waals surface area contributed by atoms with Crippen LogP contribution in [0, 0.1) is 10.5 Å². The molecule has 0 saturated carbocycles. The molecule has 1 N–H and O–H groups in total. The summed E-state index contributed by atoms with van der Waals surface area (Å²) in [5, 5.41) is 3.92. The van der Waals surface area contributed by atoms with E-state index in [9.17, 15) is 4.79 Å². The summed E-state index contributed by atoms with van der Waals surface area (Å²) in [4.78, 5) is 11.7. The van der Waals surface area contributed by atoms with E-state index in [-0.39, 0.29) is 12.5 Å². The molecule has 23 heavy (non-hydrogen) atoms. The van der Waals surface area contributed by atoms with Gasteiger partial charge in [0.2, 0.25) is 0 Å². The largest absolute Gasteiger partial charge is 0.496 e. The van der Waals surface area contributed by atoms with Gasteiger partial charge in [-0.1, -0.05) is 12.1 Å². The Labute approximate surface area is 148 Å². The van der Waals surface area contributed by atoms with Crippen molar-refractivity contribution in [3.05, 3.63) is 57.2 Å². The van der Waals surface area contributed by atoms with Crippen molar-refractivity contribution in [3.63, 3.8) is 0 Å². The highest BCUT2D eigenvalue weighted by Crippen LogP contribution is 2.20. The quantitative estimate of drug-likeness (QED) is 0.441. The Bertz CT molecular complexity index is 717. The molecule has 0 aliphatic heterocycles. The Kier molecular flexibility index (Phi) is 6.40. The van der Waals surface area contributed by atoms with E-state index in [1.54, 1.807) is 13.3 Å². The molecule has 0 radical (unpaired) electrons. The lowest BCUT2D eigenvalue weighted by Crippen LogP contribution is -2.24. The molecular formula is C17H17IN2O3. The highest BCUT2D eigenvalue weighted by molar-refractivity contribution is 14.1. The highest BCUT2D eigenvalue weighted by Gasteiger charge is 2.02. The van der Waals surface area contributed by atoms with E-state index < -0.39 is 0 Å². The zero-order valence-electron chi connectivity index (χ0n) is 12.9. The number of ether oxygens (including phenoxy) is 2. The van der Waals surface area contributed by atoms with E-state index in [0.29, 0.717) is 5.75 Å². The fourth-order valence-corrected chi connectivity index (χ4v) is 2.59. The van der Waals surface area contributed by atoms with E-state index >= 15 is 0 Å². The second-order valence-corrected chi connectivity index (χ2v) is 5.95. The SMILES string of the molecule is COc1ccc(C=NNC(=O)COc2cccc(C)c2)cc1I. The van der Waals surface area contributed by atoms with Crippen molar-refractivity contribution in [2.75, 3.05) is 13.7 Å². The molecule has 0 saturated heterocycles. The Morgan fingerprint density at radius 1 is 1.30 bits per heavy atom. The van der Waals surface area contributed by atoms with Crippen molar-refractivity contribution in [3.8, 4) is 11.5 Å². The minimum Gasteiger partial charge on any atom is -0.496 e. The zero-order chi connectivity index (χ0) is 16.7. The summed E-state index contributed by atoms with van der Waals surface area (Å²) in [6, 6.07) is 13.2. The third-order valence-corrected chi connectivity index (χ3v) is 3.78. The first-order valence-electron chi connectivity index (χ1n) is 6.93. The molecule has 6 heteroatoms. The summed E-state index contributed by atoms with van der Waals surface area (Å²) in [6.45, 7) is 1.88. The molecule has 0 aliphatic carbocycles. The predicted molar refractivity (Wildman–Crippen MR) is 98.1 cm³/mol. The average molecular weight is 424 g/mol. The van der Waals surface area contributed by atoms with E-state index in [0.717, 1.165) is 20.4 Å². The van der Waals surface area contributed by atoms with Crippen LogP contribution in [0.15, 0.2) is 47.6 Å². The van der Waals surface area contributed by atoms with Crippen molar-refractivity contribution in [1.82, 2.24) is 5.43 Å². The van der Waals surface area contributed by atoms with Gasteiger partial charge in [-0.25, -0.2) is 5.43 Å². The molecule has 0 unspecified atom stereocenters. The number of carbonyl (C=O) groups excluding carboxylic acids is 1. The van der Waals surface area contributed by atoms with Gasteiger partial charge in [0.1, 0.15) is 11.5 Å². The van der Waals surface area contributed by atoms with Crippen LogP contribution in [0.4, 0.5) is 0 Å². The van der Waals surface area contributed by atoms with Gasteiger partial charge in [0.05, 0.1) is 16.9 Å². The number of benzene rings is 2. The van der Waals surface area contributed by atoms with Crippen LogP contribution in [0.5, 0.6) is 11.5 Å². The standard InChI is InChI=1S/C17H17IN2O3/c1-12-4-3-5-14(8-12)23-11-17(21)20-19-10-13-6-7-16(22-2)15(18)9-13/h3-10H,11H2,1-2H3,(H,20,21). The van der Waals surface area contributed by atoms with Gasteiger partial charge in [0.15, 0.2) is 6.61 Å². The van der Waals surface area contributed by atoms with Crippen molar-refractivity contribution >= 4 is 34.7 Å². The maximum Gasteiger partial charge on any atom is 0.277 e. The number of hydrazone groups is 1. The van der Waals surface area contributed by atoms with Gasteiger partial charge in [-0.3, -0.25) is 4.79 Å². The number of nitrogens with one attached hydrogen (secondary N) is 1. The number of rotatable bonds is 6. The van der Waals surface area contributed by atoms with E-state index in [4.69, 9.17) is 9.47 Å². The Morgan fingerprint density at radius 3 is 2.83 bits per heavy atom. The maximum atomic E-state index is 11.7. The predicted octanol–water partition coefficient (Wildman–Crippen LogP) is 3.14. The minimum absolute atomic E-state index is 0.0824. The minimum atomic E-state index is -0.314. The number of aryl methyl sites for hydroxylation is 1. The fourth-order valence-electron chi connectivity index (χ4n) is 1.83. The summed E-state index contributed by atoms with van der Waals surface area (Å²) >= 11 is 2.18. The molecule has 0 aliphatic rings. The average Bonchev–Trinajstić information content (AvgIpc) is 2.53. The molecule has 0 fully saturated rings. The molecule has 2 aromatic rings. The Morgan fingerprint density at radius 2 is 2.13 bits per heavy atom. The van der Waals surface area contributed by atoms with Gasteiger partial charge >= 0.3 is 0 Å². The van der Waals surface area contributed by atoms with Crippen molar-refractivity contribution in [1.29, 1.82) is 0 Å². The molecule has 0 aromatic heterocycles. The third-order valence-electron chi connectivity index (χ3n) is 2.94. The Hall–Kier alpha value is -2.09. The topological polar surface area (TPSA) is 59.9 Å². The lowest BCUT2D eigenvalue weighted by molar-refractivity contribution is -0.123. The molecule has 0 atom stereocenters. The van der Waals surface area contributed by atoms with Crippen LogP contribution in [-0.4, -0.2) is 25.8 Å². The summed E-state index contributed by atoms with van der Waals surface area (Å²) in [6.07, 6.45) is 1.58. The molecular weight excluding hydrogens is 407 g/mol. The number of hydrogen-bond acceptors (Lipinski definition) is 4. The number of nitrogens with zero attached hydrogens (tertiary/aromatic N) is 1. The second kappa shape index (κ2) is 8.52. The van der Waals surface area contributed by atoms with Gasteiger partial charge in [-0.15, -0.1) is 0 Å². The first kappa shape index (κ1) is 17.3. The normalized spacial score (nSPS) is 10.6. The third kappa shape index (κ3) is 5.55. The Balaban J connectivity index is 1.83. The lowest BCUT2D eigenvalue weighted by Gasteiger charge is -2.05. The second-order valence-electron chi connectivity index (χ2n) is 4.79. The molecule has 0 bridgehead atoms. The maximum absolute atomic E-state index is 11.7. The number of methoxy groups -OCH3 is 1. The van der Waals surface area contributed by atoms with Crippen molar-refractivity contribution in [2.45, 2.75) is 6.92 Å². The number of halogens is 1. The van der Waals surface area contributed by atoms with E-state index in [1.165, 1.54) is 0 Å². The number of hydrogen-bond donors (Lipinski definition) is 1. The molecule has 1 amide bonds. The van der Waals surface area contributed by atoms with Crippen molar-refractivity contribution in [2.24, 2.45) is 5.10 Å². The van der Waals surface area contributed by atoms with Gasteiger partial charge in [0, 0.05) is 0 Å². The van der Waals surface area contributed by atoms with Gasteiger partial charge in [-0.2, -0.15) is 5.10 Å². The molecule has 5 nitrogen and oxygen atoms in total. The van der Waals surface area contributed by atoms with Crippen LogP contribution in [0.3, 0.4) is 0 Å². The van der Waals surface area contributed by atoms with Crippen LogP contribution in [0.25, 0.3) is 0 Å². The summed E-state index contributed by atoms with van der Waals surface area (Å²) in [5.41, 5.74) is 4.39. The molecule has 2 rings (SSSR count). The monoisotopic (exact) mass is 424 g/mol. The van der Waals surface area contributed by atoms with Crippen molar-refractivity contribution < 1.29 is 14.3 Å². The van der Waals surface area contributed by atoms with Gasteiger partial charge < -0.3 is 9.47 Å². The van der Waals surface area contributed by atoms with Crippen LogP contribution >= 0.6 is 22.6 Å². The fraction of sp³-hybridized carbons (Fsp3) is 0.176. The molecule has 2 aromatic carbocycles. The summed E-state index contributed by atoms with van der Waals surface area (Å²) < 4.78 is 11.6. The van der Waals surface area contributed by atoms with E-state index in [1.807, 2.05) is 49.4 Å². The summed E-state index contributed by atoms with van der Waals surface area (Å²) in [7, 11) is 1.62. The lowest BCUT2D eigenvalue weighted by atomic mass is 10.2. The first-order valence-corrected chi connectivity index (χ1v) is 8.01. The van der Waals surface area contributed by atoms with Crippen LogP contribution < -0.4 is 14.9 Å². The smallest absolute Gasteiger partial charge is 0.277 e. The molecule has 0 spiro atoms. The molecule has 120 valence electrons. The molecule has 0 heterocycles.